The Morgan fingerprint density at radius 3 is 2.93 bits per heavy atom. The summed E-state index contributed by atoms with van der Waals surface area (Å²) in [5, 5.41) is 9.32. The lowest BCUT2D eigenvalue weighted by Crippen LogP contribution is -2.56. The summed E-state index contributed by atoms with van der Waals surface area (Å²) in [6, 6.07) is 5.95. The van der Waals surface area contributed by atoms with Crippen molar-refractivity contribution in [2.45, 2.75) is 12.1 Å². The van der Waals surface area contributed by atoms with Crippen LogP contribution in [0, 0.1) is 0 Å². The van der Waals surface area contributed by atoms with E-state index in [1.54, 1.807) is 12.1 Å². The fourth-order valence-corrected chi connectivity index (χ4v) is 2.29. The standard InChI is InChI=1S/C11H14N2O2/c12-7-4-13(5-7)10-6-15-11-3-8(14)1-2-9(10)11/h1-3,7,10,14H,4-6,12H2. The summed E-state index contributed by atoms with van der Waals surface area (Å²) < 4.78 is 5.54. The van der Waals surface area contributed by atoms with Gasteiger partial charge in [0.25, 0.3) is 0 Å². The first kappa shape index (κ1) is 9.00. The van der Waals surface area contributed by atoms with Crippen molar-refractivity contribution >= 4 is 0 Å². The minimum Gasteiger partial charge on any atom is -0.508 e. The highest BCUT2D eigenvalue weighted by atomic mass is 16.5. The van der Waals surface area contributed by atoms with Gasteiger partial charge in [0.2, 0.25) is 0 Å². The molecule has 3 rings (SSSR count). The van der Waals surface area contributed by atoms with Crippen molar-refractivity contribution < 1.29 is 9.84 Å². The first-order chi connectivity index (χ1) is 7.24. The predicted octanol–water partition coefficient (Wildman–Crippen LogP) is 0.469. The van der Waals surface area contributed by atoms with E-state index in [9.17, 15) is 5.11 Å². The summed E-state index contributed by atoms with van der Waals surface area (Å²) in [6.45, 7) is 2.55. The number of fused-ring (bicyclic) bond motifs is 1. The highest BCUT2D eigenvalue weighted by Crippen LogP contribution is 2.39. The van der Waals surface area contributed by atoms with E-state index in [4.69, 9.17) is 10.5 Å². The Kier molecular flexibility index (Phi) is 1.87. The number of rotatable bonds is 1. The molecule has 15 heavy (non-hydrogen) atoms. The molecule has 0 saturated carbocycles. The summed E-state index contributed by atoms with van der Waals surface area (Å²) in [6.07, 6.45) is 0. The van der Waals surface area contributed by atoms with Crippen LogP contribution in [0.15, 0.2) is 18.2 Å². The van der Waals surface area contributed by atoms with Gasteiger partial charge in [-0.25, -0.2) is 0 Å². The zero-order chi connectivity index (χ0) is 10.4. The van der Waals surface area contributed by atoms with Crippen molar-refractivity contribution in [2.75, 3.05) is 19.7 Å². The lowest BCUT2D eigenvalue weighted by Gasteiger charge is -2.40. The average Bonchev–Trinajstić information content (AvgIpc) is 2.55. The number of phenols is 1. The normalized spacial score (nSPS) is 25.8. The number of likely N-dealkylation sites (tertiary alicyclic amines) is 1. The van der Waals surface area contributed by atoms with Gasteiger partial charge in [-0.2, -0.15) is 0 Å². The number of hydrogen-bond acceptors (Lipinski definition) is 4. The fourth-order valence-electron chi connectivity index (χ4n) is 2.29. The van der Waals surface area contributed by atoms with Crippen molar-refractivity contribution in [2.24, 2.45) is 5.73 Å². The third kappa shape index (κ3) is 1.37. The number of ether oxygens (including phenoxy) is 1. The number of aromatic hydroxyl groups is 1. The van der Waals surface area contributed by atoms with E-state index in [-0.39, 0.29) is 5.75 Å². The van der Waals surface area contributed by atoms with E-state index in [1.165, 1.54) is 5.56 Å². The van der Waals surface area contributed by atoms with Crippen molar-refractivity contribution in [3.05, 3.63) is 23.8 Å². The van der Waals surface area contributed by atoms with Gasteiger partial charge in [0.1, 0.15) is 18.1 Å². The van der Waals surface area contributed by atoms with Gasteiger partial charge in [-0.1, -0.05) is 0 Å². The molecule has 1 unspecified atom stereocenters. The zero-order valence-corrected chi connectivity index (χ0v) is 8.39. The number of nitrogens with two attached hydrogens (primary N) is 1. The van der Waals surface area contributed by atoms with Gasteiger partial charge in [0, 0.05) is 30.8 Å². The van der Waals surface area contributed by atoms with Crippen LogP contribution in [0.5, 0.6) is 11.5 Å². The van der Waals surface area contributed by atoms with Crippen molar-refractivity contribution in [3.63, 3.8) is 0 Å². The summed E-state index contributed by atoms with van der Waals surface area (Å²) >= 11 is 0. The molecular weight excluding hydrogens is 192 g/mol. The molecule has 1 saturated heterocycles. The Bertz CT molecular complexity index is 388. The van der Waals surface area contributed by atoms with Crippen LogP contribution in [0.2, 0.25) is 0 Å². The summed E-state index contributed by atoms with van der Waals surface area (Å²) in [4.78, 5) is 2.31. The second-order valence-electron chi connectivity index (χ2n) is 4.26. The van der Waals surface area contributed by atoms with Gasteiger partial charge >= 0.3 is 0 Å². The van der Waals surface area contributed by atoms with Crippen LogP contribution in [0.3, 0.4) is 0 Å². The Balaban J connectivity index is 1.85. The molecule has 80 valence electrons. The fraction of sp³-hybridized carbons (Fsp3) is 0.455. The van der Waals surface area contributed by atoms with Gasteiger partial charge in [-0.15, -0.1) is 0 Å². The molecule has 1 fully saturated rings. The van der Waals surface area contributed by atoms with Crippen molar-refractivity contribution in [1.29, 1.82) is 0 Å². The highest BCUT2D eigenvalue weighted by molar-refractivity contribution is 5.44. The van der Waals surface area contributed by atoms with E-state index in [1.807, 2.05) is 6.07 Å². The van der Waals surface area contributed by atoms with Crippen molar-refractivity contribution in [3.8, 4) is 11.5 Å². The third-order valence-electron chi connectivity index (χ3n) is 3.13. The molecule has 4 nitrogen and oxygen atoms in total. The molecule has 0 aliphatic carbocycles. The van der Waals surface area contributed by atoms with Crippen molar-refractivity contribution in [1.82, 2.24) is 4.90 Å². The lowest BCUT2D eigenvalue weighted by molar-refractivity contribution is 0.0792. The smallest absolute Gasteiger partial charge is 0.127 e. The molecule has 0 radical (unpaired) electrons. The van der Waals surface area contributed by atoms with E-state index in [0.29, 0.717) is 18.7 Å². The molecule has 0 spiro atoms. The van der Waals surface area contributed by atoms with Crippen LogP contribution in [-0.2, 0) is 0 Å². The van der Waals surface area contributed by atoms with Crippen LogP contribution in [0.1, 0.15) is 11.6 Å². The van der Waals surface area contributed by atoms with Crippen LogP contribution in [0.25, 0.3) is 0 Å². The second kappa shape index (κ2) is 3.12. The minimum atomic E-state index is 0.259. The Labute approximate surface area is 88.3 Å². The van der Waals surface area contributed by atoms with Crippen LogP contribution in [-0.4, -0.2) is 35.7 Å². The number of phenolic OH excluding ortho intramolecular Hbond substituents is 1. The molecule has 1 aromatic rings. The lowest BCUT2D eigenvalue weighted by atomic mass is 10.0. The van der Waals surface area contributed by atoms with Gasteiger partial charge in [0.15, 0.2) is 0 Å². The molecule has 2 aliphatic rings. The maximum absolute atomic E-state index is 9.32. The van der Waals surface area contributed by atoms with Crippen LogP contribution >= 0.6 is 0 Å². The molecule has 0 aromatic heterocycles. The Hall–Kier alpha value is -1.26. The first-order valence-electron chi connectivity index (χ1n) is 5.19. The van der Waals surface area contributed by atoms with Crippen LogP contribution < -0.4 is 10.5 Å². The molecule has 2 heterocycles. The quantitative estimate of drug-likeness (QED) is 0.701. The van der Waals surface area contributed by atoms with E-state index < -0.39 is 0 Å². The van der Waals surface area contributed by atoms with Gasteiger partial charge in [-0.05, 0) is 12.1 Å². The summed E-state index contributed by atoms with van der Waals surface area (Å²) in [5.41, 5.74) is 6.92. The largest absolute Gasteiger partial charge is 0.508 e. The SMILES string of the molecule is NC1CN(C2COc3cc(O)ccc32)C1. The first-order valence-corrected chi connectivity index (χ1v) is 5.19. The molecule has 0 amide bonds. The predicted molar refractivity (Wildman–Crippen MR) is 55.9 cm³/mol. The second-order valence-corrected chi connectivity index (χ2v) is 4.26. The minimum absolute atomic E-state index is 0.259. The number of nitrogens with zero attached hydrogens (tertiary/aromatic N) is 1. The van der Waals surface area contributed by atoms with Gasteiger partial charge in [0.05, 0.1) is 6.04 Å². The Morgan fingerprint density at radius 1 is 1.40 bits per heavy atom. The molecule has 3 N–H and O–H groups in total. The van der Waals surface area contributed by atoms with E-state index in [0.717, 1.165) is 18.8 Å². The van der Waals surface area contributed by atoms with Gasteiger partial charge in [-0.3, -0.25) is 4.90 Å². The summed E-state index contributed by atoms with van der Waals surface area (Å²) in [5.74, 6) is 1.06. The number of benzene rings is 1. The molecule has 0 bridgehead atoms. The summed E-state index contributed by atoms with van der Waals surface area (Å²) in [7, 11) is 0. The molecule has 4 heteroatoms. The Morgan fingerprint density at radius 2 is 2.20 bits per heavy atom. The van der Waals surface area contributed by atoms with Crippen LogP contribution in [0.4, 0.5) is 0 Å². The van der Waals surface area contributed by atoms with Gasteiger partial charge < -0.3 is 15.6 Å². The maximum atomic E-state index is 9.32. The van der Waals surface area contributed by atoms with E-state index in [2.05, 4.69) is 4.90 Å². The molecule has 2 aliphatic heterocycles. The molecular formula is C11H14N2O2. The number of hydrogen-bond donors (Lipinski definition) is 2. The molecule has 1 atom stereocenters. The highest BCUT2D eigenvalue weighted by Gasteiger charge is 2.35. The zero-order valence-electron chi connectivity index (χ0n) is 8.39. The maximum Gasteiger partial charge on any atom is 0.127 e. The topological polar surface area (TPSA) is 58.7 Å². The average molecular weight is 206 g/mol. The monoisotopic (exact) mass is 206 g/mol. The molecule has 1 aromatic carbocycles. The third-order valence-corrected chi connectivity index (χ3v) is 3.13. The van der Waals surface area contributed by atoms with E-state index >= 15 is 0 Å².